The molecule has 0 spiro atoms. The lowest BCUT2D eigenvalue weighted by molar-refractivity contribution is 0.0692. The zero-order valence-electron chi connectivity index (χ0n) is 10.0. The van der Waals surface area contributed by atoms with E-state index in [1.807, 2.05) is 12.1 Å². The predicted octanol–water partition coefficient (Wildman–Crippen LogP) is 3.05. The SMILES string of the molecule is O=C(O)c1c(Cl)cccc1OCCc1ccncc1. The molecule has 0 atom stereocenters. The molecule has 0 aliphatic heterocycles. The van der Waals surface area contributed by atoms with Crippen molar-refractivity contribution in [2.24, 2.45) is 0 Å². The smallest absolute Gasteiger partial charge is 0.341 e. The molecule has 0 aliphatic carbocycles. The van der Waals surface area contributed by atoms with E-state index in [0.29, 0.717) is 13.0 Å². The Balaban J connectivity index is 2.04. The summed E-state index contributed by atoms with van der Waals surface area (Å²) < 4.78 is 5.50. The van der Waals surface area contributed by atoms with E-state index in [-0.39, 0.29) is 16.3 Å². The number of carboxylic acid groups (broad SMARTS) is 1. The standard InChI is InChI=1S/C14H12ClNO3/c15-11-2-1-3-12(13(11)14(17)18)19-9-6-10-4-7-16-8-5-10/h1-5,7-8H,6,9H2,(H,17,18). The zero-order chi connectivity index (χ0) is 13.7. The molecule has 1 heterocycles. The molecule has 1 N–H and O–H groups in total. The van der Waals surface area contributed by atoms with Crippen LogP contribution in [0.25, 0.3) is 0 Å². The Morgan fingerprint density at radius 2 is 2.00 bits per heavy atom. The topological polar surface area (TPSA) is 59.4 Å². The number of nitrogens with zero attached hydrogens (tertiary/aromatic N) is 1. The highest BCUT2D eigenvalue weighted by atomic mass is 35.5. The monoisotopic (exact) mass is 277 g/mol. The molecule has 4 nitrogen and oxygen atoms in total. The Hall–Kier alpha value is -2.07. The van der Waals surface area contributed by atoms with Gasteiger partial charge in [0.25, 0.3) is 0 Å². The molecule has 19 heavy (non-hydrogen) atoms. The molecule has 1 aromatic heterocycles. The molecular weight excluding hydrogens is 266 g/mol. The molecule has 0 bridgehead atoms. The molecule has 0 aliphatic rings. The van der Waals surface area contributed by atoms with Crippen LogP contribution >= 0.6 is 11.6 Å². The van der Waals surface area contributed by atoms with Crippen LogP contribution in [0.1, 0.15) is 15.9 Å². The van der Waals surface area contributed by atoms with Crippen molar-refractivity contribution in [1.82, 2.24) is 4.98 Å². The van der Waals surface area contributed by atoms with Gasteiger partial charge in [-0.25, -0.2) is 4.79 Å². The van der Waals surface area contributed by atoms with Gasteiger partial charge in [0.2, 0.25) is 0 Å². The molecule has 0 saturated carbocycles. The summed E-state index contributed by atoms with van der Waals surface area (Å²) in [5, 5.41) is 9.27. The predicted molar refractivity (Wildman–Crippen MR) is 71.8 cm³/mol. The normalized spacial score (nSPS) is 10.2. The first-order valence-electron chi connectivity index (χ1n) is 5.72. The van der Waals surface area contributed by atoms with E-state index in [4.69, 9.17) is 21.4 Å². The molecule has 1 aromatic carbocycles. The highest BCUT2D eigenvalue weighted by Crippen LogP contribution is 2.26. The molecule has 0 fully saturated rings. The lowest BCUT2D eigenvalue weighted by atomic mass is 10.2. The fraction of sp³-hybridized carbons (Fsp3) is 0.143. The van der Waals surface area contributed by atoms with Gasteiger partial charge in [-0.1, -0.05) is 17.7 Å². The largest absolute Gasteiger partial charge is 0.492 e. The number of benzene rings is 1. The molecule has 0 amide bonds. The Morgan fingerprint density at radius 3 is 2.68 bits per heavy atom. The first-order chi connectivity index (χ1) is 9.18. The van der Waals surface area contributed by atoms with Crippen molar-refractivity contribution in [1.29, 1.82) is 0 Å². The Kier molecular flexibility index (Phi) is 4.36. The van der Waals surface area contributed by atoms with Crippen LogP contribution in [-0.2, 0) is 6.42 Å². The van der Waals surface area contributed by atoms with E-state index in [9.17, 15) is 4.79 Å². The van der Waals surface area contributed by atoms with Gasteiger partial charge in [0, 0.05) is 18.8 Å². The number of carbonyl (C=O) groups is 1. The van der Waals surface area contributed by atoms with Crippen molar-refractivity contribution < 1.29 is 14.6 Å². The number of ether oxygens (including phenoxy) is 1. The summed E-state index contributed by atoms with van der Waals surface area (Å²) in [4.78, 5) is 15.0. The maximum absolute atomic E-state index is 11.1. The first kappa shape index (κ1) is 13.4. The van der Waals surface area contributed by atoms with Crippen molar-refractivity contribution in [3.05, 3.63) is 58.9 Å². The number of aromatic nitrogens is 1. The van der Waals surface area contributed by atoms with E-state index in [0.717, 1.165) is 5.56 Å². The fourth-order valence-corrected chi connectivity index (χ4v) is 1.91. The summed E-state index contributed by atoms with van der Waals surface area (Å²) in [5.74, 6) is -0.807. The Labute approximate surface area is 115 Å². The number of aromatic carboxylic acids is 1. The molecule has 0 unspecified atom stereocenters. The first-order valence-corrected chi connectivity index (χ1v) is 6.10. The third-order valence-electron chi connectivity index (χ3n) is 2.59. The number of pyridine rings is 1. The minimum absolute atomic E-state index is 0.00102. The number of carboxylic acids is 1. The van der Waals surface area contributed by atoms with Crippen molar-refractivity contribution in [2.45, 2.75) is 6.42 Å². The van der Waals surface area contributed by atoms with E-state index in [2.05, 4.69) is 4.98 Å². The minimum Gasteiger partial charge on any atom is -0.492 e. The molecule has 2 rings (SSSR count). The van der Waals surface area contributed by atoms with Crippen LogP contribution in [0, 0.1) is 0 Å². The molecule has 0 saturated heterocycles. The second kappa shape index (κ2) is 6.20. The summed E-state index contributed by atoms with van der Waals surface area (Å²) in [6.07, 6.45) is 4.09. The van der Waals surface area contributed by atoms with Crippen LogP contribution in [0.15, 0.2) is 42.7 Å². The highest BCUT2D eigenvalue weighted by Gasteiger charge is 2.15. The van der Waals surface area contributed by atoms with Crippen LogP contribution in [0.2, 0.25) is 5.02 Å². The van der Waals surface area contributed by atoms with Crippen molar-refractivity contribution in [2.75, 3.05) is 6.61 Å². The quantitative estimate of drug-likeness (QED) is 0.912. The van der Waals surface area contributed by atoms with E-state index in [1.54, 1.807) is 24.5 Å². The van der Waals surface area contributed by atoms with Gasteiger partial charge >= 0.3 is 5.97 Å². The number of halogens is 1. The highest BCUT2D eigenvalue weighted by molar-refractivity contribution is 6.33. The van der Waals surface area contributed by atoms with Gasteiger partial charge in [0.15, 0.2) is 0 Å². The molecule has 2 aromatic rings. The average Bonchev–Trinajstić information content (AvgIpc) is 2.39. The summed E-state index contributed by atoms with van der Waals surface area (Å²) in [7, 11) is 0. The fourth-order valence-electron chi connectivity index (χ4n) is 1.66. The van der Waals surface area contributed by atoms with E-state index >= 15 is 0 Å². The van der Waals surface area contributed by atoms with Crippen molar-refractivity contribution >= 4 is 17.6 Å². The zero-order valence-corrected chi connectivity index (χ0v) is 10.8. The van der Waals surface area contributed by atoms with Crippen molar-refractivity contribution in [3.63, 3.8) is 0 Å². The van der Waals surface area contributed by atoms with Crippen molar-refractivity contribution in [3.8, 4) is 5.75 Å². The van der Waals surface area contributed by atoms with E-state index in [1.165, 1.54) is 6.07 Å². The number of hydrogen-bond donors (Lipinski definition) is 1. The van der Waals surface area contributed by atoms with Gasteiger partial charge in [-0.15, -0.1) is 0 Å². The third-order valence-corrected chi connectivity index (χ3v) is 2.90. The summed E-state index contributed by atoms with van der Waals surface area (Å²) >= 11 is 5.85. The third kappa shape index (κ3) is 3.45. The van der Waals surface area contributed by atoms with Gasteiger partial charge in [0.1, 0.15) is 11.3 Å². The average molecular weight is 278 g/mol. The van der Waals surface area contributed by atoms with Gasteiger partial charge in [-0.05, 0) is 29.8 Å². The second-order valence-electron chi connectivity index (χ2n) is 3.87. The van der Waals surface area contributed by atoms with Gasteiger partial charge < -0.3 is 9.84 Å². The summed E-state index contributed by atoms with van der Waals surface area (Å²) in [5.41, 5.74) is 1.08. The van der Waals surface area contributed by atoms with Crippen LogP contribution in [0.5, 0.6) is 5.75 Å². The molecule has 0 radical (unpaired) electrons. The molecule has 98 valence electrons. The Morgan fingerprint density at radius 1 is 1.26 bits per heavy atom. The van der Waals surface area contributed by atoms with Gasteiger partial charge in [0.05, 0.1) is 11.6 Å². The molecule has 5 heteroatoms. The number of rotatable bonds is 5. The van der Waals surface area contributed by atoms with Crippen LogP contribution in [-0.4, -0.2) is 22.7 Å². The maximum Gasteiger partial charge on any atom is 0.341 e. The summed E-state index contributed by atoms with van der Waals surface area (Å²) in [6.45, 7) is 0.380. The minimum atomic E-state index is -1.09. The lowest BCUT2D eigenvalue weighted by Crippen LogP contribution is -2.07. The van der Waals surface area contributed by atoms with Gasteiger partial charge in [-0.2, -0.15) is 0 Å². The Bertz CT molecular complexity index is 572. The number of hydrogen-bond acceptors (Lipinski definition) is 3. The van der Waals surface area contributed by atoms with Crippen LogP contribution in [0.4, 0.5) is 0 Å². The molecular formula is C14H12ClNO3. The lowest BCUT2D eigenvalue weighted by Gasteiger charge is -2.10. The van der Waals surface area contributed by atoms with Crippen LogP contribution in [0.3, 0.4) is 0 Å². The maximum atomic E-state index is 11.1. The van der Waals surface area contributed by atoms with Gasteiger partial charge in [-0.3, -0.25) is 4.98 Å². The second-order valence-corrected chi connectivity index (χ2v) is 4.28. The van der Waals surface area contributed by atoms with E-state index < -0.39 is 5.97 Å². The van der Waals surface area contributed by atoms with Crippen LogP contribution < -0.4 is 4.74 Å². The summed E-state index contributed by atoms with van der Waals surface area (Å²) in [6, 6.07) is 8.57.